The van der Waals surface area contributed by atoms with Crippen molar-refractivity contribution >= 4 is 5.91 Å². The van der Waals surface area contributed by atoms with Crippen LogP contribution in [0.1, 0.15) is 36.9 Å². The molecule has 3 aliphatic rings. The third kappa shape index (κ3) is 3.07. The van der Waals surface area contributed by atoms with Crippen LogP contribution < -0.4 is 5.56 Å². The van der Waals surface area contributed by atoms with Gasteiger partial charge in [0.05, 0.1) is 0 Å². The molecule has 0 spiro atoms. The van der Waals surface area contributed by atoms with E-state index < -0.39 is 0 Å². The van der Waals surface area contributed by atoms with Crippen LogP contribution in [0.5, 0.6) is 0 Å². The summed E-state index contributed by atoms with van der Waals surface area (Å²) in [5.74, 6) is 0.804. The van der Waals surface area contributed by atoms with E-state index in [0.29, 0.717) is 19.1 Å². The van der Waals surface area contributed by atoms with Crippen LogP contribution in [0.2, 0.25) is 0 Å². The quantitative estimate of drug-likeness (QED) is 0.846. The lowest BCUT2D eigenvalue weighted by molar-refractivity contribution is -0.140. The predicted molar refractivity (Wildman–Crippen MR) is 86.4 cm³/mol. The maximum atomic E-state index is 12.6. The van der Waals surface area contributed by atoms with Crippen LogP contribution in [0.4, 0.5) is 0 Å². The van der Waals surface area contributed by atoms with Gasteiger partial charge in [0, 0.05) is 44.4 Å². The number of pyridine rings is 1. The second-order valence-electron chi connectivity index (χ2n) is 7.02. The molecule has 1 aromatic heterocycles. The smallest absolute Gasteiger partial charge is 0.251 e. The maximum Gasteiger partial charge on any atom is 0.251 e. The fraction of sp³-hybridized carbons (Fsp3) is 0.667. The molecule has 1 atom stereocenters. The number of hydrogen-bond donors (Lipinski definition) is 0. The van der Waals surface area contributed by atoms with Crippen molar-refractivity contribution in [2.45, 2.75) is 51.2 Å². The van der Waals surface area contributed by atoms with Crippen molar-refractivity contribution in [1.82, 2.24) is 9.47 Å². The van der Waals surface area contributed by atoms with Gasteiger partial charge in [-0.2, -0.15) is 0 Å². The highest BCUT2D eigenvalue weighted by Crippen LogP contribution is 2.31. The van der Waals surface area contributed by atoms with E-state index in [0.717, 1.165) is 44.5 Å². The molecule has 1 saturated carbocycles. The lowest BCUT2D eigenvalue weighted by atomic mass is 10.1. The number of fused-ring (bicyclic) bond motifs is 1. The molecule has 5 heteroatoms. The zero-order chi connectivity index (χ0) is 15.8. The Kier molecular flexibility index (Phi) is 3.97. The van der Waals surface area contributed by atoms with E-state index in [1.54, 1.807) is 6.07 Å². The molecule has 1 amide bonds. The van der Waals surface area contributed by atoms with Gasteiger partial charge in [-0.3, -0.25) is 9.59 Å². The average molecular weight is 316 g/mol. The highest BCUT2D eigenvalue weighted by Gasteiger charge is 2.30. The Morgan fingerprint density at radius 2 is 2.00 bits per heavy atom. The minimum absolute atomic E-state index is 0.106. The summed E-state index contributed by atoms with van der Waals surface area (Å²) in [5.41, 5.74) is 2.48. The van der Waals surface area contributed by atoms with Gasteiger partial charge in [0.1, 0.15) is 6.10 Å². The van der Waals surface area contributed by atoms with Gasteiger partial charge in [-0.25, -0.2) is 0 Å². The first-order valence-corrected chi connectivity index (χ1v) is 8.84. The molecule has 0 aromatic carbocycles. The van der Waals surface area contributed by atoms with Gasteiger partial charge in [0.25, 0.3) is 11.5 Å². The van der Waals surface area contributed by atoms with Crippen LogP contribution in [0, 0.1) is 5.92 Å². The molecule has 0 radical (unpaired) electrons. The minimum atomic E-state index is -0.245. The van der Waals surface area contributed by atoms with Crippen LogP contribution in [0.25, 0.3) is 0 Å². The zero-order valence-corrected chi connectivity index (χ0v) is 13.5. The average Bonchev–Trinajstić information content (AvgIpc) is 3.26. The van der Waals surface area contributed by atoms with Crippen molar-refractivity contribution in [3.63, 3.8) is 0 Å². The molecule has 0 N–H and O–H groups in total. The number of rotatable bonds is 3. The predicted octanol–water partition coefficient (Wildman–Crippen LogP) is 1.36. The Bertz CT molecular complexity index is 657. The van der Waals surface area contributed by atoms with Crippen LogP contribution in [-0.4, -0.2) is 41.2 Å². The molecule has 2 fully saturated rings. The monoisotopic (exact) mass is 316 g/mol. The highest BCUT2D eigenvalue weighted by molar-refractivity contribution is 5.81. The summed E-state index contributed by atoms with van der Waals surface area (Å²) in [5, 5.41) is 0. The molecule has 1 saturated heterocycles. The molecule has 3 heterocycles. The van der Waals surface area contributed by atoms with Crippen molar-refractivity contribution in [1.29, 1.82) is 0 Å². The van der Waals surface area contributed by atoms with E-state index in [4.69, 9.17) is 4.74 Å². The molecule has 5 nitrogen and oxygen atoms in total. The van der Waals surface area contributed by atoms with Gasteiger partial charge in [-0.15, -0.1) is 0 Å². The fourth-order valence-corrected chi connectivity index (χ4v) is 3.75. The summed E-state index contributed by atoms with van der Waals surface area (Å²) in [6.45, 7) is 2.97. The molecule has 4 rings (SSSR count). The lowest BCUT2D eigenvalue weighted by Crippen LogP contribution is -2.40. The molecule has 0 bridgehead atoms. The lowest BCUT2D eigenvalue weighted by Gasteiger charge is -2.23. The molecular formula is C18H24N2O3. The molecule has 1 aliphatic carbocycles. The van der Waals surface area contributed by atoms with Crippen molar-refractivity contribution in [2.75, 3.05) is 19.7 Å². The van der Waals surface area contributed by atoms with E-state index >= 15 is 0 Å². The van der Waals surface area contributed by atoms with Gasteiger partial charge in [0.2, 0.25) is 0 Å². The normalized spacial score (nSPS) is 24.3. The molecule has 124 valence electrons. The molecular weight excluding hydrogens is 292 g/mol. The van der Waals surface area contributed by atoms with Gasteiger partial charge in [-0.1, -0.05) is 6.07 Å². The van der Waals surface area contributed by atoms with Crippen LogP contribution in [-0.2, 0) is 28.9 Å². The molecule has 23 heavy (non-hydrogen) atoms. The summed E-state index contributed by atoms with van der Waals surface area (Å²) < 4.78 is 7.51. The van der Waals surface area contributed by atoms with Gasteiger partial charge < -0.3 is 14.2 Å². The number of nitrogens with zero attached hydrogens (tertiary/aromatic N) is 2. The van der Waals surface area contributed by atoms with Crippen molar-refractivity contribution in [3.05, 3.63) is 33.7 Å². The summed E-state index contributed by atoms with van der Waals surface area (Å²) in [6, 6.07) is 3.65. The zero-order valence-electron chi connectivity index (χ0n) is 13.5. The Hall–Kier alpha value is -1.62. The maximum absolute atomic E-state index is 12.6. The first-order valence-electron chi connectivity index (χ1n) is 8.84. The van der Waals surface area contributed by atoms with E-state index in [1.807, 2.05) is 15.5 Å². The third-order valence-corrected chi connectivity index (χ3v) is 5.31. The van der Waals surface area contributed by atoms with E-state index in [-0.39, 0.29) is 17.6 Å². The van der Waals surface area contributed by atoms with Crippen molar-refractivity contribution < 1.29 is 9.53 Å². The number of hydrogen-bond acceptors (Lipinski definition) is 3. The SMILES string of the molecule is O=C([C@@H]1CCCO1)N1CCc2ccc(=O)n(CC3CC3)c2CC1. The Morgan fingerprint density at radius 1 is 1.17 bits per heavy atom. The minimum Gasteiger partial charge on any atom is -0.368 e. The van der Waals surface area contributed by atoms with Crippen molar-refractivity contribution in [2.24, 2.45) is 5.92 Å². The number of carbonyl (C=O) groups excluding carboxylic acids is 1. The van der Waals surface area contributed by atoms with E-state index in [9.17, 15) is 9.59 Å². The van der Waals surface area contributed by atoms with Gasteiger partial charge in [0.15, 0.2) is 0 Å². The Morgan fingerprint density at radius 3 is 2.74 bits per heavy atom. The largest absolute Gasteiger partial charge is 0.368 e. The van der Waals surface area contributed by atoms with Crippen LogP contribution >= 0.6 is 0 Å². The fourth-order valence-electron chi connectivity index (χ4n) is 3.75. The molecule has 0 unspecified atom stereocenters. The standard InChI is InChI=1S/C18H24N2O3/c21-17-6-5-14-7-9-19(18(22)16-2-1-11-23-16)10-8-15(14)20(17)12-13-3-4-13/h5-6,13,16H,1-4,7-12H2/t16-/m0/s1. The van der Waals surface area contributed by atoms with Crippen LogP contribution in [0.3, 0.4) is 0 Å². The first-order chi connectivity index (χ1) is 11.2. The number of amides is 1. The second kappa shape index (κ2) is 6.11. The summed E-state index contributed by atoms with van der Waals surface area (Å²) in [6.07, 6.45) is 5.65. The van der Waals surface area contributed by atoms with E-state index in [2.05, 4.69) is 0 Å². The van der Waals surface area contributed by atoms with Crippen LogP contribution in [0.15, 0.2) is 16.9 Å². The first kappa shape index (κ1) is 14.9. The van der Waals surface area contributed by atoms with Crippen molar-refractivity contribution in [3.8, 4) is 0 Å². The Labute approximate surface area is 136 Å². The highest BCUT2D eigenvalue weighted by atomic mass is 16.5. The van der Waals surface area contributed by atoms with Gasteiger partial charge >= 0.3 is 0 Å². The number of carbonyl (C=O) groups is 1. The number of ether oxygens (including phenoxy) is 1. The van der Waals surface area contributed by atoms with Gasteiger partial charge in [-0.05, 0) is 43.6 Å². The molecule has 1 aromatic rings. The molecule has 2 aliphatic heterocycles. The Balaban J connectivity index is 1.53. The summed E-state index contributed by atoms with van der Waals surface area (Å²) >= 11 is 0. The summed E-state index contributed by atoms with van der Waals surface area (Å²) in [4.78, 5) is 26.8. The second-order valence-corrected chi connectivity index (χ2v) is 7.02. The van der Waals surface area contributed by atoms with E-state index in [1.165, 1.54) is 18.4 Å². The third-order valence-electron chi connectivity index (χ3n) is 5.31. The summed E-state index contributed by atoms with van der Waals surface area (Å²) in [7, 11) is 0. The number of aromatic nitrogens is 1. The topological polar surface area (TPSA) is 51.5 Å².